The predicted molar refractivity (Wildman–Crippen MR) is 66.7 cm³/mol. The highest BCUT2D eigenvalue weighted by molar-refractivity contribution is 5.31. The number of nitrogens with one attached hydrogen (secondary N) is 1. The average molecular weight is 267 g/mol. The zero-order chi connectivity index (χ0) is 13.8. The second kappa shape index (κ2) is 5.79. The van der Waals surface area contributed by atoms with E-state index < -0.39 is 11.6 Å². The number of rotatable bonds is 5. The summed E-state index contributed by atoms with van der Waals surface area (Å²) in [6.07, 6.45) is 3.34. The summed E-state index contributed by atoms with van der Waals surface area (Å²) in [5.41, 5.74) is 0.529. The van der Waals surface area contributed by atoms with Gasteiger partial charge in [0.15, 0.2) is 17.4 Å². The molecule has 0 aliphatic rings. The molecule has 2 rings (SSSR count). The van der Waals surface area contributed by atoms with Crippen LogP contribution >= 0.6 is 0 Å². The number of hydrogen-bond donors (Lipinski definition) is 1. The Hall–Kier alpha value is -1.95. The van der Waals surface area contributed by atoms with Gasteiger partial charge in [0.2, 0.25) is 0 Å². The molecule has 0 saturated carbocycles. The van der Waals surface area contributed by atoms with E-state index in [0.29, 0.717) is 17.9 Å². The number of imidazole rings is 1. The summed E-state index contributed by atoms with van der Waals surface area (Å²) in [6, 6.07) is 2.51. The lowest BCUT2D eigenvalue weighted by molar-refractivity contribution is 0.262. The maximum atomic E-state index is 13.7. The van der Waals surface area contributed by atoms with Crippen LogP contribution in [0.5, 0.6) is 5.75 Å². The van der Waals surface area contributed by atoms with Gasteiger partial charge < -0.3 is 14.6 Å². The van der Waals surface area contributed by atoms with Gasteiger partial charge in [-0.05, 0) is 24.7 Å². The normalized spacial score (nSPS) is 10.7. The molecular formula is C13H15F2N3O. The second-order valence-corrected chi connectivity index (χ2v) is 4.16. The van der Waals surface area contributed by atoms with Gasteiger partial charge in [-0.2, -0.15) is 0 Å². The molecule has 0 amide bonds. The van der Waals surface area contributed by atoms with Gasteiger partial charge in [0, 0.05) is 26.0 Å². The fraction of sp³-hybridized carbons (Fsp3) is 0.308. The molecular weight excluding hydrogens is 252 g/mol. The summed E-state index contributed by atoms with van der Waals surface area (Å²) in [5.74, 6) is -1.19. The van der Waals surface area contributed by atoms with Crippen LogP contribution in [-0.2, 0) is 20.2 Å². The lowest BCUT2D eigenvalue weighted by Crippen LogP contribution is -2.08. The number of ether oxygens (including phenoxy) is 1. The maximum absolute atomic E-state index is 13.7. The Labute approximate surface area is 110 Å². The molecule has 0 saturated heterocycles. The van der Waals surface area contributed by atoms with Crippen molar-refractivity contribution in [3.05, 3.63) is 47.5 Å². The van der Waals surface area contributed by atoms with Crippen LogP contribution in [0, 0.1) is 11.6 Å². The molecule has 1 aromatic heterocycles. The van der Waals surface area contributed by atoms with E-state index in [9.17, 15) is 8.78 Å². The molecule has 0 bridgehead atoms. The minimum Gasteiger partial charge on any atom is -0.480 e. The first kappa shape index (κ1) is 13.5. The fourth-order valence-corrected chi connectivity index (χ4v) is 1.73. The smallest absolute Gasteiger partial charge is 0.191 e. The first-order valence-corrected chi connectivity index (χ1v) is 5.83. The van der Waals surface area contributed by atoms with Crippen molar-refractivity contribution < 1.29 is 13.5 Å². The van der Waals surface area contributed by atoms with Crippen LogP contribution < -0.4 is 10.1 Å². The van der Waals surface area contributed by atoms with Crippen LogP contribution in [0.25, 0.3) is 0 Å². The number of nitrogens with zero attached hydrogens (tertiary/aromatic N) is 2. The molecule has 0 aliphatic heterocycles. The minimum atomic E-state index is -0.709. The molecule has 1 N–H and O–H groups in total. The lowest BCUT2D eigenvalue weighted by Gasteiger charge is -2.10. The highest BCUT2D eigenvalue weighted by Crippen LogP contribution is 2.24. The molecule has 0 unspecified atom stereocenters. The van der Waals surface area contributed by atoms with Gasteiger partial charge in [-0.25, -0.2) is 13.8 Å². The lowest BCUT2D eigenvalue weighted by atomic mass is 10.2. The zero-order valence-corrected chi connectivity index (χ0v) is 10.8. The minimum absolute atomic E-state index is 0.0166. The van der Waals surface area contributed by atoms with E-state index in [2.05, 4.69) is 10.3 Å². The van der Waals surface area contributed by atoms with Gasteiger partial charge in [0.1, 0.15) is 12.4 Å². The molecule has 0 aliphatic carbocycles. The van der Waals surface area contributed by atoms with E-state index in [-0.39, 0.29) is 12.4 Å². The van der Waals surface area contributed by atoms with Gasteiger partial charge in [0.05, 0.1) is 0 Å². The van der Waals surface area contributed by atoms with Crippen LogP contribution in [0.2, 0.25) is 0 Å². The van der Waals surface area contributed by atoms with Crippen molar-refractivity contribution >= 4 is 0 Å². The molecule has 0 spiro atoms. The summed E-state index contributed by atoms with van der Waals surface area (Å²) in [7, 11) is 3.50. The number of benzene rings is 1. The number of halogens is 2. The molecule has 2 aromatic rings. The van der Waals surface area contributed by atoms with E-state index in [1.54, 1.807) is 31.1 Å². The largest absolute Gasteiger partial charge is 0.480 e. The molecule has 0 fully saturated rings. The first-order chi connectivity index (χ1) is 9.11. The van der Waals surface area contributed by atoms with Gasteiger partial charge in [-0.1, -0.05) is 0 Å². The Morgan fingerprint density at radius 2 is 2.00 bits per heavy atom. The summed E-state index contributed by atoms with van der Waals surface area (Å²) < 4.78 is 34.4. The van der Waals surface area contributed by atoms with Crippen molar-refractivity contribution in [1.29, 1.82) is 0 Å². The third-order valence-electron chi connectivity index (χ3n) is 2.71. The molecule has 102 valence electrons. The highest BCUT2D eigenvalue weighted by Gasteiger charge is 2.13. The van der Waals surface area contributed by atoms with Gasteiger partial charge in [0.25, 0.3) is 0 Å². The third-order valence-corrected chi connectivity index (χ3v) is 2.71. The van der Waals surface area contributed by atoms with Crippen molar-refractivity contribution in [3.8, 4) is 5.75 Å². The average Bonchev–Trinajstić information content (AvgIpc) is 2.74. The first-order valence-electron chi connectivity index (χ1n) is 5.83. The van der Waals surface area contributed by atoms with Crippen LogP contribution in [0.3, 0.4) is 0 Å². The Morgan fingerprint density at radius 1 is 1.32 bits per heavy atom. The van der Waals surface area contributed by atoms with Gasteiger partial charge in [-0.15, -0.1) is 0 Å². The predicted octanol–water partition coefficient (Wildman–Crippen LogP) is 2.00. The Kier molecular flexibility index (Phi) is 4.11. The van der Waals surface area contributed by atoms with Gasteiger partial charge >= 0.3 is 0 Å². The topological polar surface area (TPSA) is 39.1 Å². The van der Waals surface area contributed by atoms with Crippen molar-refractivity contribution in [2.24, 2.45) is 7.05 Å². The Morgan fingerprint density at radius 3 is 2.53 bits per heavy atom. The van der Waals surface area contributed by atoms with E-state index in [1.165, 1.54) is 12.1 Å². The summed E-state index contributed by atoms with van der Waals surface area (Å²) in [6.45, 7) is 0.413. The maximum Gasteiger partial charge on any atom is 0.191 e. The Balaban J connectivity index is 2.14. The fourth-order valence-electron chi connectivity index (χ4n) is 1.73. The number of aromatic nitrogens is 2. The van der Waals surface area contributed by atoms with E-state index in [0.717, 1.165) is 0 Å². The molecule has 0 radical (unpaired) electrons. The summed E-state index contributed by atoms with van der Waals surface area (Å²) >= 11 is 0. The summed E-state index contributed by atoms with van der Waals surface area (Å²) in [5, 5.41) is 2.83. The monoisotopic (exact) mass is 267 g/mol. The van der Waals surface area contributed by atoms with E-state index in [4.69, 9.17) is 4.74 Å². The number of aryl methyl sites for hydroxylation is 1. The van der Waals surface area contributed by atoms with Crippen LogP contribution in [-0.4, -0.2) is 16.6 Å². The third kappa shape index (κ3) is 3.08. The molecule has 1 heterocycles. The summed E-state index contributed by atoms with van der Waals surface area (Å²) in [4.78, 5) is 4.02. The molecule has 1 aromatic carbocycles. The van der Waals surface area contributed by atoms with Crippen molar-refractivity contribution in [2.75, 3.05) is 7.05 Å². The van der Waals surface area contributed by atoms with Crippen molar-refractivity contribution in [2.45, 2.75) is 13.2 Å². The van der Waals surface area contributed by atoms with Crippen LogP contribution in [0.1, 0.15) is 11.4 Å². The standard InChI is InChI=1S/C13H15F2N3O/c1-16-7-9-5-10(14)13(11(15)6-9)19-8-12-17-3-4-18(12)2/h3-6,16H,7-8H2,1-2H3. The van der Waals surface area contributed by atoms with Gasteiger partial charge in [-0.3, -0.25) is 0 Å². The second-order valence-electron chi connectivity index (χ2n) is 4.16. The quantitative estimate of drug-likeness (QED) is 0.900. The highest BCUT2D eigenvalue weighted by atomic mass is 19.1. The molecule has 0 atom stereocenters. The molecule has 19 heavy (non-hydrogen) atoms. The van der Waals surface area contributed by atoms with Crippen molar-refractivity contribution in [3.63, 3.8) is 0 Å². The van der Waals surface area contributed by atoms with Crippen LogP contribution in [0.15, 0.2) is 24.5 Å². The molecule has 6 heteroatoms. The SMILES string of the molecule is CNCc1cc(F)c(OCc2nccn2C)c(F)c1. The molecule has 4 nitrogen and oxygen atoms in total. The van der Waals surface area contributed by atoms with Crippen LogP contribution in [0.4, 0.5) is 8.78 Å². The van der Waals surface area contributed by atoms with E-state index >= 15 is 0 Å². The zero-order valence-electron chi connectivity index (χ0n) is 10.8. The number of hydrogen-bond acceptors (Lipinski definition) is 3. The van der Waals surface area contributed by atoms with E-state index in [1.807, 2.05) is 0 Å². The Bertz CT molecular complexity index is 546. The van der Waals surface area contributed by atoms with Crippen molar-refractivity contribution in [1.82, 2.24) is 14.9 Å².